The molecule has 2 aromatic rings. The number of ether oxygens (including phenoxy) is 2. The molecule has 2 N–H and O–H groups in total. The van der Waals surface area contributed by atoms with Crippen LogP contribution >= 0.6 is 23.4 Å². The van der Waals surface area contributed by atoms with Crippen molar-refractivity contribution >= 4 is 29.3 Å². The summed E-state index contributed by atoms with van der Waals surface area (Å²) in [5.41, 5.74) is 10.2. The number of rotatable bonds is 6. The van der Waals surface area contributed by atoms with Crippen molar-refractivity contribution in [3.63, 3.8) is 0 Å². The zero-order valence-corrected chi connectivity index (χ0v) is 21.7. The van der Waals surface area contributed by atoms with Crippen LogP contribution in [0.3, 0.4) is 0 Å². The Bertz CT molecular complexity index is 1320. The number of hydrogen-bond donors (Lipinski definition) is 1. The molecule has 0 saturated carbocycles. The van der Waals surface area contributed by atoms with Gasteiger partial charge in [-0.15, -0.1) is 0 Å². The molecule has 0 amide bonds. The Morgan fingerprint density at radius 1 is 1.20 bits per heavy atom. The largest absolute Gasteiger partial charge is 0.459 e. The highest BCUT2D eigenvalue weighted by molar-refractivity contribution is 7.99. The number of carbonyl (C=O) groups excluding carboxylic acids is 1. The van der Waals surface area contributed by atoms with Gasteiger partial charge < -0.3 is 15.2 Å². The lowest BCUT2D eigenvalue weighted by atomic mass is 9.83. The smallest absolute Gasteiger partial charge is 0.338 e. The monoisotopic (exact) mass is 508 g/mol. The third-order valence-electron chi connectivity index (χ3n) is 5.68. The SMILES string of the molecule is Cc1nc(SCC2=C(C(=O)OC(C)C)C(c3ccc(Cl)cc3)C(C#N)=C(N)O2)c(C#N)c(C)c1C. The Labute approximate surface area is 214 Å². The second kappa shape index (κ2) is 10.9. The van der Waals surface area contributed by atoms with E-state index in [1.54, 1.807) is 38.1 Å². The van der Waals surface area contributed by atoms with E-state index in [4.69, 9.17) is 26.8 Å². The van der Waals surface area contributed by atoms with Crippen LogP contribution in [0.4, 0.5) is 0 Å². The van der Waals surface area contributed by atoms with Crippen molar-refractivity contribution in [1.29, 1.82) is 10.5 Å². The van der Waals surface area contributed by atoms with Crippen LogP contribution in [0, 0.1) is 43.4 Å². The number of esters is 1. The zero-order valence-electron chi connectivity index (χ0n) is 20.1. The van der Waals surface area contributed by atoms with Crippen molar-refractivity contribution in [2.45, 2.75) is 51.7 Å². The predicted octanol–water partition coefficient (Wildman–Crippen LogP) is 5.34. The van der Waals surface area contributed by atoms with E-state index in [0.29, 0.717) is 21.2 Å². The van der Waals surface area contributed by atoms with Crippen LogP contribution in [0.2, 0.25) is 5.02 Å². The lowest BCUT2D eigenvalue weighted by Gasteiger charge is -2.28. The summed E-state index contributed by atoms with van der Waals surface area (Å²) in [7, 11) is 0. The van der Waals surface area contributed by atoms with Gasteiger partial charge in [-0.1, -0.05) is 35.5 Å². The van der Waals surface area contributed by atoms with Crippen LogP contribution < -0.4 is 5.73 Å². The molecule has 1 aliphatic rings. The third kappa shape index (κ3) is 5.45. The van der Waals surface area contributed by atoms with Crippen molar-refractivity contribution in [3.8, 4) is 12.1 Å². The number of pyridine rings is 1. The number of hydrogen-bond acceptors (Lipinski definition) is 8. The van der Waals surface area contributed by atoms with Gasteiger partial charge in [0.15, 0.2) is 0 Å². The van der Waals surface area contributed by atoms with E-state index in [1.165, 1.54) is 11.8 Å². The normalized spacial score (nSPS) is 15.5. The maximum absolute atomic E-state index is 13.3. The number of aromatic nitrogens is 1. The number of allylic oxidation sites excluding steroid dienone is 1. The minimum absolute atomic E-state index is 0.0890. The van der Waals surface area contributed by atoms with Gasteiger partial charge in [0.1, 0.15) is 28.5 Å². The molecule has 1 atom stereocenters. The van der Waals surface area contributed by atoms with Crippen LogP contribution in [0.25, 0.3) is 0 Å². The van der Waals surface area contributed by atoms with Gasteiger partial charge in [-0.25, -0.2) is 9.78 Å². The van der Waals surface area contributed by atoms with E-state index in [-0.39, 0.29) is 28.5 Å². The summed E-state index contributed by atoms with van der Waals surface area (Å²) in [6.45, 7) is 9.16. The van der Waals surface area contributed by atoms with Gasteiger partial charge in [0, 0.05) is 10.7 Å². The molecule has 1 aliphatic heterocycles. The average Bonchev–Trinajstić information content (AvgIpc) is 2.80. The molecule has 2 heterocycles. The number of thioether (sulfide) groups is 1. The lowest BCUT2D eigenvalue weighted by molar-refractivity contribution is -0.143. The first-order chi connectivity index (χ1) is 16.6. The van der Waals surface area contributed by atoms with Crippen molar-refractivity contribution in [2.24, 2.45) is 5.73 Å². The molecule has 7 nitrogen and oxygen atoms in total. The van der Waals surface area contributed by atoms with E-state index in [9.17, 15) is 15.3 Å². The molecule has 0 radical (unpaired) electrons. The summed E-state index contributed by atoms with van der Waals surface area (Å²) in [4.78, 5) is 17.9. The molecular formula is C26H25ClN4O3S. The molecule has 1 aromatic heterocycles. The summed E-state index contributed by atoms with van der Waals surface area (Å²) >= 11 is 7.32. The highest BCUT2D eigenvalue weighted by Crippen LogP contribution is 2.41. The van der Waals surface area contributed by atoms with Gasteiger partial charge in [-0.3, -0.25) is 0 Å². The highest BCUT2D eigenvalue weighted by Gasteiger charge is 2.38. The Balaban J connectivity index is 2.13. The number of nitriles is 2. The number of nitrogens with zero attached hydrogens (tertiary/aromatic N) is 3. The number of halogens is 1. The predicted molar refractivity (Wildman–Crippen MR) is 134 cm³/mol. The molecule has 180 valence electrons. The molecular weight excluding hydrogens is 484 g/mol. The van der Waals surface area contributed by atoms with Gasteiger partial charge in [-0.05, 0) is 63.4 Å². The molecule has 9 heteroatoms. The Kier molecular flexibility index (Phi) is 8.11. The highest BCUT2D eigenvalue weighted by atomic mass is 35.5. The molecule has 1 aromatic carbocycles. The van der Waals surface area contributed by atoms with E-state index in [2.05, 4.69) is 17.1 Å². The molecule has 1 unspecified atom stereocenters. The summed E-state index contributed by atoms with van der Waals surface area (Å²) in [5, 5.41) is 20.6. The topological polar surface area (TPSA) is 122 Å². The quantitative estimate of drug-likeness (QED) is 0.410. The first kappa shape index (κ1) is 26.2. The molecule has 3 rings (SSSR count). The van der Waals surface area contributed by atoms with Crippen molar-refractivity contribution in [3.05, 3.63) is 80.0 Å². The minimum atomic E-state index is -0.794. The van der Waals surface area contributed by atoms with Gasteiger partial charge in [0.2, 0.25) is 5.88 Å². The Hall–Kier alpha value is -3.46. The van der Waals surface area contributed by atoms with Crippen LogP contribution in [-0.2, 0) is 14.3 Å². The lowest BCUT2D eigenvalue weighted by Crippen LogP contribution is -2.28. The third-order valence-corrected chi connectivity index (χ3v) is 6.91. The first-order valence-corrected chi connectivity index (χ1v) is 12.2. The molecule has 0 aliphatic carbocycles. The molecule has 0 spiro atoms. The number of aryl methyl sites for hydroxylation is 1. The zero-order chi connectivity index (χ0) is 25.9. The summed E-state index contributed by atoms with van der Waals surface area (Å²) in [5.74, 6) is -1.10. The van der Waals surface area contributed by atoms with Crippen LogP contribution in [-0.4, -0.2) is 22.8 Å². The second-order valence-corrected chi connectivity index (χ2v) is 9.70. The van der Waals surface area contributed by atoms with Crippen LogP contribution in [0.15, 0.2) is 52.1 Å². The maximum Gasteiger partial charge on any atom is 0.338 e. The van der Waals surface area contributed by atoms with E-state index >= 15 is 0 Å². The fraction of sp³-hybridized carbons (Fsp3) is 0.308. The molecule has 0 fully saturated rings. The average molecular weight is 509 g/mol. The Morgan fingerprint density at radius 3 is 2.43 bits per heavy atom. The van der Waals surface area contributed by atoms with Gasteiger partial charge >= 0.3 is 5.97 Å². The summed E-state index contributed by atoms with van der Waals surface area (Å²) in [6, 6.07) is 11.1. The van der Waals surface area contributed by atoms with E-state index in [0.717, 1.165) is 16.8 Å². The van der Waals surface area contributed by atoms with Crippen molar-refractivity contribution < 1.29 is 14.3 Å². The molecule has 0 bridgehead atoms. The molecule has 0 saturated heterocycles. The van der Waals surface area contributed by atoms with Crippen LogP contribution in [0.5, 0.6) is 0 Å². The van der Waals surface area contributed by atoms with Gasteiger partial charge in [0.05, 0.1) is 28.9 Å². The number of nitrogens with two attached hydrogens (primary N) is 1. The van der Waals surface area contributed by atoms with Gasteiger partial charge in [0.25, 0.3) is 0 Å². The first-order valence-electron chi connectivity index (χ1n) is 10.9. The van der Waals surface area contributed by atoms with E-state index in [1.807, 2.05) is 20.8 Å². The van der Waals surface area contributed by atoms with Crippen LogP contribution in [0.1, 0.15) is 47.7 Å². The second-order valence-electron chi connectivity index (χ2n) is 8.30. The standard InChI is InChI=1S/C26H25ClN4O3S/c1-13(2)33-26(32)23-21(12-35-25-19(10-28)15(4)14(3)16(5)31-25)34-24(30)20(11-29)22(23)17-6-8-18(27)9-7-17/h6-9,13,22H,12,30H2,1-5H3. The number of benzene rings is 1. The van der Waals surface area contributed by atoms with Gasteiger partial charge in [-0.2, -0.15) is 10.5 Å². The minimum Gasteiger partial charge on any atom is -0.459 e. The van der Waals surface area contributed by atoms with Crippen molar-refractivity contribution in [2.75, 3.05) is 5.75 Å². The fourth-order valence-electron chi connectivity index (χ4n) is 3.70. The Morgan fingerprint density at radius 2 is 1.86 bits per heavy atom. The summed E-state index contributed by atoms with van der Waals surface area (Å²) < 4.78 is 11.3. The fourth-order valence-corrected chi connectivity index (χ4v) is 4.85. The van der Waals surface area contributed by atoms with Crippen molar-refractivity contribution in [1.82, 2.24) is 4.98 Å². The summed E-state index contributed by atoms with van der Waals surface area (Å²) in [6.07, 6.45) is -0.391. The number of carbonyl (C=O) groups is 1. The maximum atomic E-state index is 13.3. The molecule has 35 heavy (non-hydrogen) atoms. The van der Waals surface area contributed by atoms with E-state index < -0.39 is 18.0 Å².